The molecule has 2 aromatic rings. The topological polar surface area (TPSA) is 185 Å². The Morgan fingerprint density at radius 3 is 2.41 bits per heavy atom. The summed E-state index contributed by atoms with van der Waals surface area (Å²) in [7, 11) is 1.45. The number of nitrogens with zero attached hydrogens (tertiary/aromatic N) is 3. The van der Waals surface area contributed by atoms with Gasteiger partial charge in [-0.2, -0.15) is 10.4 Å². The zero-order chi connectivity index (χ0) is 34.2. The van der Waals surface area contributed by atoms with Gasteiger partial charge in [0.1, 0.15) is 6.17 Å². The number of aliphatic imine (C=N–C) groups is 3. The highest BCUT2D eigenvalue weighted by Crippen LogP contribution is 2.30. The molecule has 0 bridgehead atoms. The zero-order valence-corrected chi connectivity index (χ0v) is 27.4. The maximum absolute atomic E-state index is 12.8. The van der Waals surface area contributed by atoms with Crippen LogP contribution in [0.2, 0.25) is 0 Å². The van der Waals surface area contributed by atoms with E-state index >= 15 is 0 Å². The Labute approximate surface area is 272 Å². The molecule has 0 spiro atoms. The summed E-state index contributed by atoms with van der Waals surface area (Å²) >= 11 is 0.851. The van der Waals surface area contributed by atoms with Gasteiger partial charge in [-0.3, -0.25) is 9.98 Å². The largest absolute Gasteiger partial charge is 0.493 e. The number of benzene rings is 2. The Balaban J connectivity index is 0.00000361. The van der Waals surface area contributed by atoms with Gasteiger partial charge in [-0.15, -0.1) is 0 Å². The first kappa shape index (κ1) is 37.8. The molecule has 0 fully saturated rings. The fourth-order valence-electron chi connectivity index (χ4n) is 3.49. The standard InChI is InChI=1S/C29H35N5O9S.C2H6/c1-28(2,3)19-11-13-20(14-12-19)44-27(35)42-34-25-24(41-22-10-7-6-9-21(22)39-5)26(40-18-29(36,37)43-38)33-23(32-25)17-31-16-8-15-30-4;1-2/h6-16,23,32,34,36-38H,4,17-18H2,1-3,5H3;1-2H3/b15-8-,31-16?;. The molecule has 0 saturated heterocycles. The lowest BCUT2D eigenvalue weighted by atomic mass is 9.87. The number of aliphatic hydroxyl groups is 2. The summed E-state index contributed by atoms with van der Waals surface area (Å²) in [6.07, 6.45) is 3.64. The summed E-state index contributed by atoms with van der Waals surface area (Å²) in [6, 6.07) is 14.2. The van der Waals surface area contributed by atoms with Gasteiger partial charge in [-0.05, 0) is 59.8 Å². The van der Waals surface area contributed by atoms with Crippen LogP contribution in [0.4, 0.5) is 4.79 Å². The van der Waals surface area contributed by atoms with E-state index in [0.717, 1.165) is 17.3 Å². The van der Waals surface area contributed by atoms with Crippen LogP contribution >= 0.6 is 11.8 Å². The van der Waals surface area contributed by atoms with Crippen LogP contribution < -0.4 is 20.3 Å². The van der Waals surface area contributed by atoms with Crippen molar-refractivity contribution in [3.8, 4) is 11.5 Å². The van der Waals surface area contributed by atoms with Crippen molar-refractivity contribution in [1.29, 1.82) is 0 Å². The number of allylic oxidation sites excluding steroid dienone is 1. The quantitative estimate of drug-likeness (QED) is 0.0654. The molecule has 1 atom stereocenters. The van der Waals surface area contributed by atoms with Crippen molar-refractivity contribution in [2.75, 3.05) is 20.3 Å². The van der Waals surface area contributed by atoms with Crippen molar-refractivity contribution in [3.63, 3.8) is 0 Å². The monoisotopic (exact) mass is 659 g/mol. The molecule has 46 heavy (non-hydrogen) atoms. The molecule has 0 aliphatic carbocycles. The van der Waals surface area contributed by atoms with Crippen LogP contribution in [0.25, 0.3) is 0 Å². The van der Waals surface area contributed by atoms with E-state index in [9.17, 15) is 15.0 Å². The smallest absolute Gasteiger partial charge is 0.396 e. The fraction of sp³-hybridized carbons (Fsp3) is 0.355. The van der Waals surface area contributed by atoms with Gasteiger partial charge in [-0.1, -0.05) is 58.9 Å². The second-order valence-corrected chi connectivity index (χ2v) is 11.1. The third kappa shape index (κ3) is 12.2. The summed E-state index contributed by atoms with van der Waals surface area (Å²) in [5.74, 6) is -2.97. The van der Waals surface area contributed by atoms with Crippen molar-refractivity contribution in [2.45, 2.75) is 57.1 Å². The minimum Gasteiger partial charge on any atom is -0.493 e. The third-order valence-corrected chi connectivity index (χ3v) is 6.41. The van der Waals surface area contributed by atoms with Gasteiger partial charge in [0.25, 0.3) is 5.90 Å². The van der Waals surface area contributed by atoms with Crippen molar-refractivity contribution < 1.29 is 44.2 Å². The highest BCUT2D eigenvalue weighted by molar-refractivity contribution is 8.13. The second kappa shape index (κ2) is 18.5. The Morgan fingerprint density at radius 1 is 1.13 bits per heavy atom. The number of thioether (sulfide) groups is 1. The first-order valence-electron chi connectivity index (χ1n) is 14.1. The first-order valence-corrected chi connectivity index (χ1v) is 14.9. The normalized spacial score (nSPS) is 15.0. The van der Waals surface area contributed by atoms with Crippen molar-refractivity contribution >= 4 is 35.9 Å². The van der Waals surface area contributed by atoms with E-state index in [0.29, 0.717) is 10.6 Å². The third-order valence-electron chi connectivity index (χ3n) is 5.65. The summed E-state index contributed by atoms with van der Waals surface area (Å²) < 4.78 is 16.9. The summed E-state index contributed by atoms with van der Waals surface area (Å²) in [5.41, 5.74) is 3.61. The van der Waals surface area contributed by atoms with E-state index in [4.69, 9.17) is 24.3 Å². The zero-order valence-electron chi connectivity index (χ0n) is 26.6. The molecule has 15 heteroatoms. The van der Waals surface area contributed by atoms with Crippen LogP contribution in [0.5, 0.6) is 11.5 Å². The lowest BCUT2D eigenvalue weighted by molar-refractivity contribution is -0.474. The fourth-order valence-corrected chi connectivity index (χ4v) is 4.03. The predicted molar refractivity (Wildman–Crippen MR) is 176 cm³/mol. The average molecular weight is 660 g/mol. The number of hydroxylamine groups is 1. The van der Waals surface area contributed by atoms with Crippen LogP contribution in [-0.4, -0.2) is 72.0 Å². The summed E-state index contributed by atoms with van der Waals surface area (Å²) in [4.78, 5) is 34.6. The van der Waals surface area contributed by atoms with Gasteiger partial charge in [0.2, 0.25) is 5.76 Å². The van der Waals surface area contributed by atoms with Gasteiger partial charge in [-0.25, -0.2) is 15.0 Å². The minimum atomic E-state index is -3.07. The van der Waals surface area contributed by atoms with Gasteiger partial charge in [0, 0.05) is 17.3 Å². The van der Waals surface area contributed by atoms with Crippen molar-refractivity contribution in [2.24, 2.45) is 15.0 Å². The van der Waals surface area contributed by atoms with E-state index in [2.05, 4.69) is 58.2 Å². The Hall–Kier alpha value is -4.41. The Kier molecular flexibility index (Phi) is 15.2. The molecular formula is C31H41N5O9S. The van der Waals surface area contributed by atoms with Crippen molar-refractivity contribution in [3.05, 3.63) is 78.0 Å². The number of nitrogens with one attached hydrogen (secondary N) is 2. The SMILES string of the molecule is C=N/C=C\C=NCC1N=C(OCC(O)(O)OO)C(Oc2ccccc2OC)=C(NOC(=O)Sc2ccc(C(C)(C)C)cc2)N1.CC. The molecule has 0 amide bonds. The Morgan fingerprint density at radius 2 is 1.80 bits per heavy atom. The average Bonchev–Trinajstić information content (AvgIpc) is 3.04. The van der Waals surface area contributed by atoms with Crippen LogP contribution in [0.3, 0.4) is 0 Å². The van der Waals surface area contributed by atoms with E-state index < -0.39 is 24.0 Å². The highest BCUT2D eigenvalue weighted by atomic mass is 32.2. The number of rotatable bonds is 13. The molecule has 1 aliphatic heterocycles. The van der Waals surface area contributed by atoms with Gasteiger partial charge < -0.3 is 34.6 Å². The minimum absolute atomic E-state index is 0.0205. The van der Waals surface area contributed by atoms with Gasteiger partial charge >= 0.3 is 11.3 Å². The molecular weight excluding hydrogens is 618 g/mol. The molecule has 5 N–H and O–H groups in total. The lowest BCUT2D eigenvalue weighted by Crippen LogP contribution is -2.45. The van der Waals surface area contributed by atoms with E-state index in [1.807, 2.05) is 38.1 Å². The number of para-hydroxylation sites is 2. The summed E-state index contributed by atoms with van der Waals surface area (Å²) in [5, 5.41) is 30.6. The second-order valence-electron chi connectivity index (χ2n) is 10.0. The van der Waals surface area contributed by atoms with E-state index in [1.54, 1.807) is 30.3 Å². The molecule has 1 heterocycles. The lowest BCUT2D eigenvalue weighted by Gasteiger charge is -2.28. The number of ether oxygens (including phenoxy) is 3. The molecule has 14 nitrogen and oxygen atoms in total. The van der Waals surface area contributed by atoms with E-state index in [1.165, 1.54) is 19.5 Å². The molecule has 0 aromatic heterocycles. The highest BCUT2D eigenvalue weighted by Gasteiger charge is 2.33. The molecule has 3 rings (SSSR count). The number of carbonyl (C=O) groups is 1. The van der Waals surface area contributed by atoms with Crippen LogP contribution in [0.15, 0.2) is 92.3 Å². The van der Waals surface area contributed by atoms with Crippen LogP contribution in [0, 0.1) is 0 Å². The molecule has 1 aliphatic rings. The predicted octanol–water partition coefficient (Wildman–Crippen LogP) is 4.76. The molecule has 0 radical (unpaired) electrons. The number of methoxy groups -OCH3 is 1. The number of hydrogen-bond donors (Lipinski definition) is 5. The maximum Gasteiger partial charge on any atom is 0.396 e. The molecule has 250 valence electrons. The van der Waals surface area contributed by atoms with Gasteiger partial charge in [0.15, 0.2) is 23.9 Å². The van der Waals surface area contributed by atoms with Crippen molar-refractivity contribution in [1.82, 2.24) is 10.8 Å². The van der Waals surface area contributed by atoms with Crippen LogP contribution in [-0.2, 0) is 19.9 Å². The van der Waals surface area contributed by atoms with Gasteiger partial charge in [0.05, 0.1) is 13.7 Å². The summed E-state index contributed by atoms with van der Waals surface area (Å²) in [6.45, 7) is 12.7. The molecule has 2 aromatic carbocycles. The maximum atomic E-state index is 12.8. The number of carbonyl (C=O) groups excluding carboxylic acids is 1. The molecule has 1 unspecified atom stereocenters. The van der Waals surface area contributed by atoms with Crippen LogP contribution in [0.1, 0.15) is 40.2 Å². The Bertz CT molecular complexity index is 1400. The van der Waals surface area contributed by atoms with E-state index in [-0.39, 0.29) is 35.2 Å². The number of hydrogen-bond acceptors (Lipinski definition) is 15. The first-order chi connectivity index (χ1) is 22.0. The molecule has 0 saturated carbocycles.